The van der Waals surface area contributed by atoms with Crippen LogP contribution in [0.25, 0.3) is 0 Å². The lowest BCUT2D eigenvalue weighted by atomic mass is 10.1. The summed E-state index contributed by atoms with van der Waals surface area (Å²) in [5.74, 6) is 0.507. The second kappa shape index (κ2) is 7.81. The topological polar surface area (TPSA) is 45.2 Å². The van der Waals surface area contributed by atoms with Gasteiger partial charge in [0.2, 0.25) is 0 Å². The van der Waals surface area contributed by atoms with Gasteiger partial charge in [0, 0.05) is 25.2 Å². The van der Waals surface area contributed by atoms with Crippen LogP contribution in [0.3, 0.4) is 0 Å². The molecule has 1 aliphatic rings. The van der Waals surface area contributed by atoms with Crippen LogP contribution < -0.4 is 5.32 Å². The molecular formula is C14H19Cl2N3O. The van der Waals surface area contributed by atoms with E-state index in [1.165, 1.54) is 12.8 Å². The van der Waals surface area contributed by atoms with Gasteiger partial charge in [-0.05, 0) is 37.6 Å². The minimum absolute atomic E-state index is 0.107. The van der Waals surface area contributed by atoms with Crippen LogP contribution in [0, 0.1) is 0 Å². The summed E-state index contributed by atoms with van der Waals surface area (Å²) in [7, 11) is 0. The number of nitrogens with zero attached hydrogens (tertiary/aromatic N) is 2. The maximum Gasteiger partial charge on any atom is 0.252 e. The van der Waals surface area contributed by atoms with Crippen molar-refractivity contribution in [2.45, 2.75) is 24.6 Å². The standard InChI is InChI=1S/C14H19Cl2N3O/c15-8-11-7-12(10-18-13(11)9-16)14(20)17-3-6-19-4-1-2-5-19/h7,10H,1-6,8-9H2,(H,17,20). The molecule has 0 atom stereocenters. The van der Waals surface area contributed by atoms with Crippen molar-refractivity contribution in [1.82, 2.24) is 15.2 Å². The highest BCUT2D eigenvalue weighted by Crippen LogP contribution is 2.14. The Bertz CT molecular complexity index is 462. The molecule has 1 aliphatic heterocycles. The van der Waals surface area contributed by atoms with Crippen molar-refractivity contribution in [1.29, 1.82) is 0 Å². The first-order valence-electron chi connectivity index (χ1n) is 6.85. The van der Waals surface area contributed by atoms with E-state index < -0.39 is 0 Å². The van der Waals surface area contributed by atoms with Gasteiger partial charge in [0.1, 0.15) is 0 Å². The highest BCUT2D eigenvalue weighted by Gasteiger charge is 2.13. The Balaban J connectivity index is 1.88. The molecule has 0 bridgehead atoms. The third-order valence-electron chi connectivity index (χ3n) is 3.50. The fourth-order valence-electron chi connectivity index (χ4n) is 2.33. The highest BCUT2D eigenvalue weighted by molar-refractivity contribution is 6.18. The van der Waals surface area contributed by atoms with Crippen molar-refractivity contribution >= 4 is 29.1 Å². The van der Waals surface area contributed by atoms with Crippen LogP contribution in [0.4, 0.5) is 0 Å². The van der Waals surface area contributed by atoms with E-state index in [0.717, 1.165) is 30.9 Å². The number of carbonyl (C=O) groups excluding carboxylic acids is 1. The smallest absolute Gasteiger partial charge is 0.252 e. The van der Waals surface area contributed by atoms with Gasteiger partial charge >= 0.3 is 0 Å². The van der Waals surface area contributed by atoms with Gasteiger partial charge in [-0.15, -0.1) is 23.2 Å². The first kappa shape index (κ1) is 15.5. The molecule has 1 fully saturated rings. The van der Waals surface area contributed by atoms with Gasteiger partial charge < -0.3 is 10.2 Å². The lowest BCUT2D eigenvalue weighted by molar-refractivity contribution is 0.0949. The summed E-state index contributed by atoms with van der Waals surface area (Å²) in [6.07, 6.45) is 4.08. The molecule has 0 aliphatic carbocycles. The molecule has 0 unspecified atom stereocenters. The van der Waals surface area contributed by atoms with Crippen LogP contribution in [0.2, 0.25) is 0 Å². The molecule has 0 aromatic carbocycles. The fourth-order valence-corrected chi connectivity index (χ4v) is 2.81. The van der Waals surface area contributed by atoms with Crippen molar-refractivity contribution in [3.05, 3.63) is 29.1 Å². The first-order chi connectivity index (χ1) is 9.74. The molecule has 110 valence electrons. The van der Waals surface area contributed by atoms with Crippen molar-refractivity contribution in [3.63, 3.8) is 0 Å². The molecule has 1 amide bonds. The zero-order chi connectivity index (χ0) is 14.4. The number of carbonyl (C=O) groups is 1. The summed E-state index contributed by atoms with van der Waals surface area (Å²) in [5, 5.41) is 2.92. The molecule has 4 nitrogen and oxygen atoms in total. The van der Waals surface area contributed by atoms with Gasteiger partial charge in [0.15, 0.2) is 0 Å². The molecule has 1 aromatic heterocycles. The number of pyridine rings is 1. The maximum atomic E-state index is 12.0. The van der Waals surface area contributed by atoms with Crippen molar-refractivity contribution in [2.75, 3.05) is 26.2 Å². The van der Waals surface area contributed by atoms with Gasteiger partial charge in [0.25, 0.3) is 5.91 Å². The SMILES string of the molecule is O=C(NCCN1CCCC1)c1cnc(CCl)c(CCl)c1. The summed E-state index contributed by atoms with van der Waals surface area (Å²) >= 11 is 11.6. The maximum absolute atomic E-state index is 12.0. The van der Waals surface area contributed by atoms with Crippen LogP contribution in [0.5, 0.6) is 0 Å². The summed E-state index contributed by atoms with van der Waals surface area (Å²) in [5.41, 5.74) is 2.08. The molecule has 2 rings (SSSR count). The lowest BCUT2D eigenvalue weighted by Gasteiger charge is -2.14. The van der Waals surface area contributed by atoms with Crippen LogP contribution in [-0.4, -0.2) is 42.0 Å². The number of likely N-dealkylation sites (tertiary alicyclic amines) is 1. The third kappa shape index (κ3) is 4.08. The summed E-state index contributed by atoms with van der Waals surface area (Å²) in [6, 6.07) is 1.77. The average Bonchev–Trinajstić information content (AvgIpc) is 2.99. The Labute approximate surface area is 129 Å². The second-order valence-electron chi connectivity index (χ2n) is 4.90. The number of aromatic nitrogens is 1. The van der Waals surface area contributed by atoms with E-state index in [1.807, 2.05) is 0 Å². The third-order valence-corrected chi connectivity index (χ3v) is 4.05. The number of hydrogen-bond acceptors (Lipinski definition) is 3. The van der Waals surface area contributed by atoms with Crippen LogP contribution in [0.1, 0.15) is 34.5 Å². The van der Waals surface area contributed by atoms with E-state index in [0.29, 0.717) is 23.9 Å². The average molecular weight is 316 g/mol. The monoisotopic (exact) mass is 315 g/mol. The molecule has 1 aromatic rings. The minimum Gasteiger partial charge on any atom is -0.351 e. The molecule has 1 N–H and O–H groups in total. The fraction of sp³-hybridized carbons (Fsp3) is 0.571. The molecule has 0 radical (unpaired) electrons. The van der Waals surface area contributed by atoms with Gasteiger partial charge in [0.05, 0.1) is 17.1 Å². The van der Waals surface area contributed by atoms with E-state index in [-0.39, 0.29) is 5.91 Å². The van der Waals surface area contributed by atoms with Gasteiger partial charge in [-0.2, -0.15) is 0 Å². The zero-order valence-electron chi connectivity index (χ0n) is 11.4. The molecule has 20 heavy (non-hydrogen) atoms. The number of halogens is 2. The molecule has 2 heterocycles. The number of rotatable bonds is 6. The predicted molar refractivity (Wildman–Crippen MR) is 81.4 cm³/mol. The van der Waals surface area contributed by atoms with Crippen molar-refractivity contribution in [3.8, 4) is 0 Å². The summed E-state index contributed by atoms with van der Waals surface area (Å²) in [4.78, 5) is 18.6. The minimum atomic E-state index is -0.107. The van der Waals surface area contributed by atoms with E-state index in [1.54, 1.807) is 12.3 Å². The number of nitrogens with one attached hydrogen (secondary N) is 1. The van der Waals surface area contributed by atoms with E-state index >= 15 is 0 Å². The van der Waals surface area contributed by atoms with Crippen molar-refractivity contribution in [2.24, 2.45) is 0 Å². The number of amides is 1. The molecule has 1 saturated heterocycles. The highest BCUT2D eigenvalue weighted by atomic mass is 35.5. The van der Waals surface area contributed by atoms with Crippen LogP contribution in [0.15, 0.2) is 12.3 Å². The quantitative estimate of drug-likeness (QED) is 0.820. The van der Waals surface area contributed by atoms with Gasteiger partial charge in [-0.1, -0.05) is 0 Å². The second-order valence-corrected chi connectivity index (χ2v) is 5.44. The lowest BCUT2D eigenvalue weighted by Crippen LogP contribution is -2.33. The largest absolute Gasteiger partial charge is 0.351 e. The Hall–Kier alpha value is -0.840. The summed E-state index contributed by atoms with van der Waals surface area (Å²) < 4.78 is 0. The van der Waals surface area contributed by atoms with Crippen LogP contribution >= 0.6 is 23.2 Å². The van der Waals surface area contributed by atoms with Crippen LogP contribution in [-0.2, 0) is 11.8 Å². The predicted octanol–water partition coefficient (Wildman–Crippen LogP) is 2.38. The first-order valence-corrected chi connectivity index (χ1v) is 7.91. The molecule has 6 heteroatoms. The van der Waals surface area contributed by atoms with E-state index in [9.17, 15) is 4.79 Å². The summed E-state index contributed by atoms with van der Waals surface area (Å²) in [6.45, 7) is 3.84. The Morgan fingerprint density at radius 2 is 2.05 bits per heavy atom. The zero-order valence-corrected chi connectivity index (χ0v) is 12.9. The van der Waals surface area contributed by atoms with Gasteiger partial charge in [-0.25, -0.2) is 0 Å². The van der Waals surface area contributed by atoms with Gasteiger partial charge in [-0.3, -0.25) is 9.78 Å². The number of hydrogen-bond donors (Lipinski definition) is 1. The Morgan fingerprint density at radius 1 is 1.30 bits per heavy atom. The number of alkyl halides is 2. The normalized spacial score (nSPS) is 15.5. The van der Waals surface area contributed by atoms with E-state index in [4.69, 9.17) is 23.2 Å². The Kier molecular flexibility index (Phi) is 6.07. The molecule has 0 saturated carbocycles. The van der Waals surface area contributed by atoms with E-state index in [2.05, 4.69) is 15.2 Å². The Morgan fingerprint density at radius 3 is 2.70 bits per heavy atom. The van der Waals surface area contributed by atoms with Crippen molar-refractivity contribution < 1.29 is 4.79 Å². The molecule has 0 spiro atoms. The molecular weight excluding hydrogens is 297 g/mol.